The first kappa shape index (κ1) is 58.1. The predicted molar refractivity (Wildman–Crippen MR) is 220 cm³/mol. The lowest BCUT2D eigenvalue weighted by molar-refractivity contribution is -0.383. The number of amides is 2. The number of nitrogens with one attached hydrogen (secondary N) is 2. The van der Waals surface area contributed by atoms with Gasteiger partial charge in [0, 0.05) is 13.8 Å². The second-order valence-corrected chi connectivity index (χ2v) is 18.2. The van der Waals surface area contributed by atoms with Crippen molar-refractivity contribution in [2.24, 2.45) is 0 Å². The van der Waals surface area contributed by atoms with E-state index in [1.807, 2.05) is 0 Å². The number of carbonyl (C=O) groups is 2. The minimum atomic E-state index is -2.08. The Labute approximate surface area is 403 Å². The van der Waals surface area contributed by atoms with Crippen molar-refractivity contribution in [3.8, 4) is 0 Å². The highest BCUT2D eigenvalue weighted by molar-refractivity contribution is 5.73. The molecule has 0 saturated carbocycles. The molecule has 31 nitrogen and oxygen atoms in total. The van der Waals surface area contributed by atoms with Crippen molar-refractivity contribution in [3.05, 3.63) is 0 Å². The van der Waals surface area contributed by atoms with E-state index in [1.165, 1.54) is 13.8 Å². The zero-order valence-electron chi connectivity index (χ0n) is 38.6. The highest BCUT2D eigenvalue weighted by Gasteiger charge is 2.57. The molecule has 0 aromatic carbocycles. The van der Waals surface area contributed by atoms with Gasteiger partial charge in [-0.1, -0.05) is 0 Å². The molecule has 0 aromatic heterocycles. The lowest BCUT2D eigenvalue weighted by atomic mass is 9.94. The molecule has 2 amide bonds. The third kappa shape index (κ3) is 12.6. The van der Waals surface area contributed by atoms with E-state index < -0.39 is 222 Å². The van der Waals surface area contributed by atoms with Crippen LogP contribution in [0.5, 0.6) is 0 Å². The first-order chi connectivity index (χ1) is 33.4. The molecule has 6 heterocycles. The zero-order valence-corrected chi connectivity index (χ0v) is 38.6. The van der Waals surface area contributed by atoms with Gasteiger partial charge in [-0.25, -0.2) is 0 Å². The molecule has 0 spiro atoms. The van der Waals surface area contributed by atoms with Gasteiger partial charge in [-0.15, -0.1) is 0 Å². The van der Waals surface area contributed by atoms with Gasteiger partial charge >= 0.3 is 0 Å². The monoisotopic (exact) mass is 1040 g/mol. The molecule has 71 heavy (non-hydrogen) atoms. The van der Waals surface area contributed by atoms with Crippen molar-refractivity contribution in [2.75, 3.05) is 26.4 Å². The van der Waals surface area contributed by atoms with E-state index in [0.717, 1.165) is 13.8 Å². The Kier molecular flexibility index (Phi) is 20.2. The van der Waals surface area contributed by atoms with Gasteiger partial charge in [-0.3, -0.25) is 9.59 Å². The van der Waals surface area contributed by atoms with E-state index in [4.69, 9.17) is 52.1 Å². The number of hydrogen-bond donors (Lipinski definition) is 18. The number of hydrogen-bond acceptors (Lipinski definition) is 29. The van der Waals surface area contributed by atoms with Crippen LogP contribution in [0, 0.1) is 0 Å². The van der Waals surface area contributed by atoms with Crippen LogP contribution in [0.3, 0.4) is 0 Å². The lowest BCUT2D eigenvalue weighted by Crippen LogP contribution is -2.70. The average molecular weight is 1040 g/mol. The molecule has 0 radical (unpaired) electrons. The van der Waals surface area contributed by atoms with Gasteiger partial charge in [0.1, 0.15) is 134 Å². The Bertz CT molecular complexity index is 1710. The van der Waals surface area contributed by atoms with E-state index >= 15 is 0 Å². The predicted octanol–water partition coefficient (Wildman–Crippen LogP) is -11.8. The van der Waals surface area contributed by atoms with Crippen molar-refractivity contribution >= 4 is 11.8 Å². The maximum absolute atomic E-state index is 12.9. The molecule has 31 heteroatoms. The quantitative estimate of drug-likeness (QED) is 0.0682. The Morgan fingerprint density at radius 2 is 0.803 bits per heavy atom. The van der Waals surface area contributed by atoms with Gasteiger partial charge in [0.2, 0.25) is 11.8 Å². The second-order valence-electron chi connectivity index (χ2n) is 18.2. The fraction of sp³-hybridized carbons (Fsp3) is 0.950. The average Bonchev–Trinajstić information content (AvgIpc) is 3.33. The summed E-state index contributed by atoms with van der Waals surface area (Å²) < 4.78 is 64.1. The van der Waals surface area contributed by atoms with Gasteiger partial charge in [0.05, 0.1) is 38.6 Å². The van der Waals surface area contributed by atoms with E-state index in [9.17, 15) is 91.3 Å². The molecule has 6 rings (SSSR count). The van der Waals surface area contributed by atoms with E-state index in [0.29, 0.717) is 0 Å². The molecular formula is C40H68N2O29. The van der Waals surface area contributed by atoms with Crippen LogP contribution in [0.25, 0.3) is 0 Å². The van der Waals surface area contributed by atoms with Crippen molar-refractivity contribution < 1.29 is 143 Å². The van der Waals surface area contributed by atoms with Gasteiger partial charge in [-0.2, -0.15) is 0 Å². The van der Waals surface area contributed by atoms with Crippen LogP contribution in [0.2, 0.25) is 0 Å². The summed E-state index contributed by atoms with van der Waals surface area (Å²) in [6, 6.07) is -3.37. The minimum absolute atomic E-state index is 0.798. The van der Waals surface area contributed by atoms with Crippen molar-refractivity contribution in [2.45, 2.75) is 212 Å². The number of aliphatic hydroxyl groups is 16. The topological polar surface area (TPSA) is 483 Å². The molecule has 6 aliphatic rings. The SMILES string of the molecule is CC(=O)N[C@@H]1[C@@H](O[C@@H]2O[C@H](CO)[C@H](O)[C@H](O)[C@H]2O[C@@H]2O[C@@H](C)[C@@H](O)[C@@H](O)[C@@H]2O)[C@@H](O)[C@@H](CO[C@@H]2O[C@H](CO)[C@@H](O[C@@H]3O[C@H](CO)[C@H](O)[C@H](O)[C@H]3O)[C@H](O[C@@H]3O[C@@H](C)[C@@H](O)[C@@H](O)[C@@H]3O)[C@H]2NC(C)=O)O[C@@H]1O. The van der Waals surface area contributed by atoms with Gasteiger partial charge in [0.25, 0.3) is 0 Å². The van der Waals surface area contributed by atoms with Crippen molar-refractivity contribution in [1.82, 2.24) is 10.6 Å². The first-order valence-electron chi connectivity index (χ1n) is 22.8. The van der Waals surface area contributed by atoms with Crippen LogP contribution < -0.4 is 10.6 Å². The Morgan fingerprint density at radius 3 is 1.31 bits per heavy atom. The molecule has 6 aliphatic heterocycles. The second kappa shape index (κ2) is 24.7. The van der Waals surface area contributed by atoms with Crippen LogP contribution >= 0.6 is 0 Å². The van der Waals surface area contributed by atoms with E-state index in [2.05, 4.69) is 10.6 Å². The Hall–Kier alpha value is -2.14. The number of carbonyl (C=O) groups excluding carboxylic acids is 2. The van der Waals surface area contributed by atoms with Crippen LogP contribution in [0.1, 0.15) is 27.7 Å². The fourth-order valence-corrected chi connectivity index (χ4v) is 9.08. The van der Waals surface area contributed by atoms with Crippen LogP contribution in [-0.2, 0) is 61.7 Å². The maximum Gasteiger partial charge on any atom is 0.217 e. The molecule has 0 aromatic rings. The molecule has 6 saturated heterocycles. The summed E-state index contributed by atoms with van der Waals surface area (Å²) >= 11 is 0. The highest BCUT2D eigenvalue weighted by atomic mass is 16.8. The number of ether oxygens (including phenoxy) is 11. The summed E-state index contributed by atoms with van der Waals surface area (Å²) in [5.74, 6) is -1.61. The standard InChI is InChI=1S/C40H68N2O29/c1-9-19(48)24(53)28(57)37(62-9)70-33-18(42-12(4)47)36(67-15(7-45)31(33)68-39-30(59)26(55)21(50)13(5-43)65-39)61-8-16-23(52)32(17(35(60)64-16)41-11(3)46)69-40-34(27(56)22(51)14(6-44)66-40)71-38-29(58)25(54)20(49)10(2)63-38/h9-10,13-40,43-45,48-60H,5-8H2,1-4H3,(H,41,46)(H,42,47)/t9-,10-,13+,14+,15+,16+,17+,18+,19+,20+,21-,22-,23-,24+,25+,26-,27-,28-,29-,30+,31+,32+,33+,34+,35-,36+,37-,38-,39-,40-/m0/s1. The molecule has 0 unspecified atom stereocenters. The maximum atomic E-state index is 12.9. The largest absolute Gasteiger partial charge is 0.394 e. The van der Waals surface area contributed by atoms with Crippen molar-refractivity contribution in [1.29, 1.82) is 0 Å². The molecule has 30 atom stereocenters. The summed E-state index contributed by atoms with van der Waals surface area (Å²) in [6.07, 6.45) is -50.4. The summed E-state index contributed by atoms with van der Waals surface area (Å²) in [6.45, 7) is 1.04. The van der Waals surface area contributed by atoms with Gasteiger partial charge in [-0.05, 0) is 13.8 Å². The molecule has 0 bridgehead atoms. The third-order valence-corrected chi connectivity index (χ3v) is 13.1. The van der Waals surface area contributed by atoms with Crippen LogP contribution in [0.4, 0.5) is 0 Å². The van der Waals surface area contributed by atoms with E-state index in [-0.39, 0.29) is 0 Å². The number of rotatable bonds is 16. The molecule has 412 valence electrons. The molecule has 0 aliphatic carbocycles. The normalized spacial score (nSPS) is 50.8. The molecule has 6 fully saturated rings. The summed E-state index contributed by atoms with van der Waals surface area (Å²) in [5.41, 5.74) is 0. The zero-order chi connectivity index (χ0) is 52.5. The van der Waals surface area contributed by atoms with Gasteiger partial charge in [0.15, 0.2) is 37.7 Å². The highest BCUT2D eigenvalue weighted by Crippen LogP contribution is 2.36. The summed E-state index contributed by atoms with van der Waals surface area (Å²) in [5, 5.41) is 176. The Morgan fingerprint density at radius 1 is 0.394 bits per heavy atom. The van der Waals surface area contributed by atoms with Crippen LogP contribution in [0.15, 0.2) is 0 Å². The first-order valence-corrected chi connectivity index (χ1v) is 22.8. The Balaban J connectivity index is 1.29. The molecular weight excluding hydrogens is 972 g/mol. The smallest absolute Gasteiger partial charge is 0.217 e. The lowest BCUT2D eigenvalue weighted by Gasteiger charge is -2.50. The van der Waals surface area contributed by atoms with Crippen molar-refractivity contribution in [3.63, 3.8) is 0 Å². The fourth-order valence-electron chi connectivity index (χ4n) is 9.08. The number of aliphatic hydroxyl groups excluding tert-OH is 16. The summed E-state index contributed by atoms with van der Waals surface area (Å²) in [7, 11) is 0. The minimum Gasteiger partial charge on any atom is -0.394 e. The summed E-state index contributed by atoms with van der Waals surface area (Å²) in [4.78, 5) is 25.3. The van der Waals surface area contributed by atoms with Gasteiger partial charge < -0.3 is 144 Å². The van der Waals surface area contributed by atoms with E-state index in [1.54, 1.807) is 0 Å². The third-order valence-electron chi connectivity index (χ3n) is 13.1. The van der Waals surface area contributed by atoms with Crippen LogP contribution in [-0.4, -0.2) is 304 Å². The molecule has 18 N–H and O–H groups in total.